The fourth-order valence-corrected chi connectivity index (χ4v) is 4.96. The molecule has 1 aromatic heterocycles. The van der Waals surface area contributed by atoms with Gasteiger partial charge in [0, 0.05) is 17.4 Å². The number of sulfone groups is 1. The van der Waals surface area contributed by atoms with Crippen molar-refractivity contribution in [2.24, 2.45) is 0 Å². The third kappa shape index (κ3) is 3.60. The van der Waals surface area contributed by atoms with Gasteiger partial charge in [-0.1, -0.05) is 30.5 Å². The van der Waals surface area contributed by atoms with Crippen molar-refractivity contribution in [3.63, 3.8) is 0 Å². The van der Waals surface area contributed by atoms with Crippen LogP contribution >= 0.6 is 11.6 Å². The molecule has 1 aromatic carbocycles. The largest absolute Gasteiger partial charge is 0.322 e. The van der Waals surface area contributed by atoms with E-state index in [9.17, 15) is 13.2 Å². The van der Waals surface area contributed by atoms with Crippen LogP contribution in [0.15, 0.2) is 47.5 Å². The lowest BCUT2D eigenvalue weighted by Crippen LogP contribution is -2.18. The summed E-state index contributed by atoms with van der Waals surface area (Å²) in [5.41, 5.74) is 0.797. The fourth-order valence-electron chi connectivity index (χ4n) is 2.89. The predicted molar refractivity (Wildman–Crippen MR) is 93.1 cm³/mol. The van der Waals surface area contributed by atoms with Crippen molar-refractivity contribution >= 4 is 33.0 Å². The molecule has 1 saturated carbocycles. The van der Waals surface area contributed by atoms with E-state index >= 15 is 0 Å². The lowest BCUT2D eigenvalue weighted by atomic mass is 10.2. The number of benzene rings is 1. The maximum atomic E-state index is 12.6. The van der Waals surface area contributed by atoms with Gasteiger partial charge in [-0.2, -0.15) is 0 Å². The molecule has 1 fully saturated rings. The molecule has 0 aliphatic heterocycles. The SMILES string of the molecule is O=C(Nc1cccc(S(=O)(=O)C2CCCC2)c1)c1ccnc(Cl)c1. The van der Waals surface area contributed by atoms with Gasteiger partial charge >= 0.3 is 0 Å². The molecular weight excluding hydrogens is 348 g/mol. The molecule has 0 spiro atoms. The van der Waals surface area contributed by atoms with E-state index in [1.165, 1.54) is 18.3 Å². The first kappa shape index (κ1) is 16.9. The molecule has 3 rings (SSSR count). The Balaban J connectivity index is 1.82. The number of halogens is 1. The van der Waals surface area contributed by atoms with Crippen molar-refractivity contribution in [2.45, 2.75) is 35.8 Å². The normalized spacial score (nSPS) is 15.4. The molecule has 24 heavy (non-hydrogen) atoms. The van der Waals surface area contributed by atoms with Gasteiger partial charge in [-0.25, -0.2) is 13.4 Å². The Morgan fingerprint density at radius 3 is 2.62 bits per heavy atom. The molecule has 0 unspecified atom stereocenters. The van der Waals surface area contributed by atoms with Gasteiger partial charge in [0.1, 0.15) is 5.15 Å². The minimum atomic E-state index is -3.35. The van der Waals surface area contributed by atoms with Crippen LogP contribution in [0.4, 0.5) is 5.69 Å². The number of amides is 1. The number of hydrogen-bond donors (Lipinski definition) is 1. The lowest BCUT2D eigenvalue weighted by molar-refractivity contribution is 0.102. The van der Waals surface area contributed by atoms with Gasteiger partial charge in [-0.05, 0) is 43.2 Å². The van der Waals surface area contributed by atoms with Gasteiger partial charge in [0.15, 0.2) is 9.84 Å². The van der Waals surface area contributed by atoms with Crippen molar-refractivity contribution in [1.29, 1.82) is 0 Å². The summed E-state index contributed by atoms with van der Waals surface area (Å²) < 4.78 is 25.3. The summed E-state index contributed by atoms with van der Waals surface area (Å²) in [7, 11) is -3.35. The Labute approximate surface area is 146 Å². The average Bonchev–Trinajstić information content (AvgIpc) is 3.10. The zero-order chi connectivity index (χ0) is 17.2. The molecule has 0 bridgehead atoms. The highest BCUT2D eigenvalue weighted by molar-refractivity contribution is 7.92. The maximum absolute atomic E-state index is 12.6. The van der Waals surface area contributed by atoms with Crippen LogP contribution in [0, 0.1) is 0 Å². The van der Waals surface area contributed by atoms with Crippen LogP contribution in [0.25, 0.3) is 0 Å². The summed E-state index contributed by atoms with van der Waals surface area (Å²) in [6.45, 7) is 0. The molecule has 0 saturated heterocycles. The molecule has 5 nitrogen and oxygen atoms in total. The summed E-state index contributed by atoms with van der Waals surface area (Å²) in [4.78, 5) is 16.3. The summed E-state index contributed by atoms with van der Waals surface area (Å²) in [5, 5.41) is 2.60. The van der Waals surface area contributed by atoms with E-state index < -0.39 is 9.84 Å². The summed E-state index contributed by atoms with van der Waals surface area (Å²) in [6, 6.07) is 9.38. The van der Waals surface area contributed by atoms with E-state index in [-0.39, 0.29) is 21.2 Å². The van der Waals surface area contributed by atoms with Gasteiger partial charge in [-0.3, -0.25) is 4.79 Å². The smallest absolute Gasteiger partial charge is 0.255 e. The minimum absolute atomic E-state index is 0.222. The molecule has 2 aromatic rings. The van der Waals surface area contributed by atoms with Crippen LogP contribution in [-0.2, 0) is 9.84 Å². The number of carbonyl (C=O) groups is 1. The van der Waals surface area contributed by atoms with Crippen LogP contribution in [0.5, 0.6) is 0 Å². The van der Waals surface area contributed by atoms with Crippen molar-refractivity contribution in [1.82, 2.24) is 4.98 Å². The van der Waals surface area contributed by atoms with Crippen LogP contribution in [0.1, 0.15) is 36.0 Å². The van der Waals surface area contributed by atoms with Crippen molar-refractivity contribution < 1.29 is 13.2 Å². The number of nitrogens with one attached hydrogen (secondary N) is 1. The number of rotatable bonds is 4. The molecule has 7 heteroatoms. The Morgan fingerprint density at radius 2 is 1.92 bits per heavy atom. The van der Waals surface area contributed by atoms with Gasteiger partial charge < -0.3 is 5.32 Å². The standard InChI is InChI=1S/C17H17ClN2O3S/c18-16-10-12(8-9-19-16)17(21)20-13-4-3-7-15(11-13)24(22,23)14-5-1-2-6-14/h3-4,7-11,14H,1-2,5-6H2,(H,20,21). The third-order valence-corrected chi connectivity index (χ3v) is 6.62. The first-order valence-corrected chi connectivity index (χ1v) is 9.66. The van der Waals surface area contributed by atoms with Crippen molar-refractivity contribution in [3.05, 3.63) is 53.3 Å². The Kier molecular flexibility index (Phi) is 4.87. The third-order valence-electron chi connectivity index (χ3n) is 4.15. The maximum Gasteiger partial charge on any atom is 0.255 e. The lowest BCUT2D eigenvalue weighted by Gasteiger charge is -2.12. The number of aromatic nitrogens is 1. The Hall–Kier alpha value is -1.92. The van der Waals surface area contributed by atoms with Crippen LogP contribution in [0.3, 0.4) is 0 Å². The molecule has 126 valence electrons. The van der Waals surface area contributed by atoms with E-state index in [0.29, 0.717) is 24.1 Å². The summed E-state index contributed by atoms with van der Waals surface area (Å²) >= 11 is 5.78. The van der Waals surface area contributed by atoms with E-state index in [1.54, 1.807) is 24.3 Å². The van der Waals surface area contributed by atoms with Crippen LogP contribution < -0.4 is 5.32 Å². The Bertz CT molecular complexity index is 862. The zero-order valence-electron chi connectivity index (χ0n) is 12.9. The Morgan fingerprint density at radius 1 is 1.17 bits per heavy atom. The number of carbonyl (C=O) groups excluding carboxylic acids is 1. The highest BCUT2D eigenvalue weighted by Crippen LogP contribution is 2.30. The second-order valence-corrected chi connectivity index (χ2v) is 8.42. The molecule has 0 radical (unpaired) electrons. The number of hydrogen-bond acceptors (Lipinski definition) is 4. The van der Waals surface area contributed by atoms with E-state index in [1.807, 2.05) is 0 Å². The number of pyridine rings is 1. The van der Waals surface area contributed by atoms with E-state index in [4.69, 9.17) is 11.6 Å². The number of nitrogens with zero attached hydrogens (tertiary/aromatic N) is 1. The average molecular weight is 365 g/mol. The van der Waals surface area contributed by atoms with Gasteiger partial charge in [-0.15, -0.1) is 0 Å². The van der Waals surface area contributed by atoms with Gasteiger partial charge in [0.2, 0.25) is 0 Å². The molecular formula is C17H17ClN2O3S. The summed E-state index contributed by atoms with van der Waals surface area (Å²) in [6.07, 6.45) is 4.74. The highest BCUT2D eigenvalue weighted by Gasteiger charge is 2.30. The highest BCUT2D eigenvalue weighted by atomic mass is 35.5. The quantitative estimate of drug-likeness (QED) is 0.839. The number of anilines is 1. The monoisotopic (exact) mass is 364 g/mol. The first-order chi connectivity index (χ1) is 11.5. The molecule has 1 amide bonds. The second kappa shape index (κ2) is 6.91. The molecule has 1 N–H and O–H groups in total. The molecule has 1 heterocycles. The second-order valence-electron chi connectivity index (χ2n) is 5.80. The molecule has 1 aliphatic rings. The van der Waals surface area contributed by atoms with Crippen LogP contribution in [-0.4, -0.2) is 24.6 Å². The van der Waals surface area contributed by atoms with Gasteiger partial charge in [0.05, 0.1) is 10.1 Å². The topological polar surface area (TPSA) is 76.1 Å². The fraction of sp³-hybridized carbons (Fsp3) is 0.294. The van der Waals surface area contributed by atoms with E-state index in [2.05, 4.69) is 10.3 Å². The van der Waals surface area contributed by atoms with Crippen molar-refractivity contribution in [3.8, 4) is 0 Å². The van der Waals surface area contributed by atoms with Crippen LogP contribution in [0.2, 0.25) is 5.15 Å². The zero-order valence-corrected chi connectivity index (χ0v) is 14.5. The molecule has 0 atom stereocenters. The van der Waals surface area contributed by atoms with Crippen molar-refractivity contribution in [2.75, 3.05) is 5.32 Å². The van der Waals surface area contributed by atoms with E-state index in [0.717, 1.165) is 12.8 Å². The summed E-state index contributed by atoms with van der Waals surface area (Å²) in [5.74, 6) is -0.366. The first-order valence-electron chi connectivity index (χ1n) is 7.74. The van der Waals surface area contributed by atoms with Gasteiger partial charge in [0.25, 0.3) is 5.91 Å². The minimum Gasteiger partial charge on any atom is -0.322 e. The predicted octanol–water partition coefficient (Wildman–Crippen LogP) is 3.70. The molecule has 1 aliphatic carbocycles.